The van der Waals surface area contributed by atoms with Gasteiger partial charge in [0.25, 0.3) is 5.91 Å². The van der Waals surface area contributed by atoms with E-state index in [1.165, 1.54) is 18.4 Å². The highest BCUT2D eigenvalue weighted by atomic mass is 16.4. The lowest BCUT2D eigenvalue weighted by Crippen LogP contribution is -2.28. The fourth-order valence-corrected chi connectivity index (χ4v) is 4.19. The number of nitrogens with zero attached hydrogens (tertiary/aromatic N) is 2. The van der Waals surface area contributed by atoms with Crippen molar-refractivity contribution in [3.63, 3.8) is 0 Å². The monoisotopic (exact) mass is 472 g/mol. The first-order valence-electron chi connectivity index (χ1n) is 11.5. The fourth-order valence-electron chi connectivity index (χ4n) is 4.19. The Kier molecular flexibility index (Phi) is 7.54. The number of carboxylic acids is 1. The van der Waals surface area contributed by atoms with E-state index in [1.807, 2.05) is 18.3 Å². The van der Waals surface area contributed by atoms with Crippen LogP contribution in [0.5, 0.6) is 0 Å². The minimum absolute atomic E-state index is 0.403. The van der Waals surface area contributed by atoms with Crippen LogP contribution in [-0.2, 0) is 4.79 Å². The Morgan fingerprint density at radius 3 is 2.40 bits per heavy atom. The molecule has 4 aromatic rings. The molecule has 2 atom stereocenters. The smallest absolute Gasteiger partial charge is 0.337 e. The normalized spacial score (nSPS) is 16.2. The summed E-state index contributed by atoms with van der Waals surface area (Å²) in [6, 6.07) is 22.3. The van der Waals surface area contributed by atoms with E-state index in [9.17, 15) is 9.59 Å². The number of benzene rings is 3. The number of nitrogens with one attached hydrogen (secondary N) is 1. The molecular formula is C27H28N4O4. The van der Waals surface area contributed by atoms with Gasteiger partial charge in [-0.15, -0.1) is 0 Å². The minimum atomic E-state index is -1.41. The first-order chi connectivity index (χ1) is 16.9. The second-order valence-corrected chi connectivity index (χ2v) is 8.47. The van der Waals surface area contributed by atoms with Crippen LogP contribution in [0.2, 0.25) is 0 Å². The van der Waals surface area contributed by atoms with E-state index in [4.69, 9.17) is 15.9 Å². The molecule has 1 aromatic heterocycles. The van der Waals surface area contributed by atoms with Crippen LogP contribution in [0.3, 0.4) is 0 Å². The topological polar surface area (TPSA) is 130 Å². The van der Waals surface area contributed by atoms with Crippen molar-refractivity contribution in [2.45, 2.75) is 24.9 Å². The van der Waals surface area contributed by atoms with Gasteiger partial charge >= 0.3 is 5.97 Å². The van der Waals surface area contributed by atoms with Gasteiger partial charge in [0.05, 0.1) is 11.3 Å². The van der Waals surface area contributed by atoms with Crippen molar-refractivity contribution in [3.8, 4) is 5.69 Å². The van der Waals surface area contributed by atoms with Crippen LogP contribution >= 0.6 is 0 Å². The van der Waals surface area contributed by atoms with E-state index in [0.29, 0.717) is 22.6 Å². The number of carbonyl (C=O) groups excluding carboxylic acids is 1. The first kappa shape index (κ1) is 24.1. The highest BCUT2D eigenvalue weighted by Crippen LogP contribution is 2.25. The van der Waals surface area contributed by atoms with Gasteiger partial charge in [0.1, 0.15) is 5.52 Å². The number of primary amides is 1. The van der Waals surface area contributed by atoms with Crippen LogP contribution in [0, 0.1) is 0 Å². The molecule has 0 bridgehead atoms. The second kappa shape index (κ2) is 10.9. The van der Waals surface area contributed by atoms with E-state index >= 15 is 0 Å². The quantitative estimate of drug-likeness (QED) is 0.352. The summed E-state index contributed by atoms with van der Waals surface area (Å²) in [7, 11) is 0. The second-order valence-electron chi connectivity index (χ2n) is 8.47. The number of aliphatic hydroxyl groups is 1. The Morgan fingerprint density at radius 2 is 1.77 bits per heavy atom. The molecule has 0 saturated carbocycles. The molecule has 2 heterocycles. The zero-order valence-corrected chi connectivity index (χ0v) is 19.2. The van der Waals surface area contributed by atoms with Crippen LogP contribution in [-0.4, -0.2) is 45.0 Å². The number of piperidine rings is 1. The summed E-state index contributed by atoms with van der Waals surface area (Å²) in [4.78, 5) is 21.8. The fraction of sp³-hybridized carbons (Fsp3) is 0.222. The van der Waals surface area contributed by atoms with E-state index in [-0.39, 0.29) is 0 Å². The molecule has 0 spiro atoms. The number of hydrogen-bond acceptors (Lipinski definition) is 5. The third-order valence-electron chi connectivity index (χ3n) is 6.08. The summed E-state index contributed by atoms with van der Waals surface area (Å²) in [5, 5.41) is 26.3. The number of nitrogens with two attached hydrogens (primary N) is 1. The summed E-state index contributed by atoms with van der Waals surface area (Å²) < 4.78 is 1.81. The van der Waals surface area contributed by atoms with Gasteiger partial charge in [0.2, 0.25) is 0 Å². The van der Waals surface area contributed by atoms with Crippen LogP contribution in [0.15, 0.2) is 79.0 Å². The number of aliphatic carboxylic acids is 1. The lowest BCUT2D eigenvalue weighted by atomic mass is 9.92. The third-order valence-corrected chi connectivity index (χ3v) is 6.08. The molecule has 1 fully saturated rings. The molecule has 1 saturated heterocycles. The Hall–Kier alpha value is -4.01. The molecule has 0 aliphatic carbocycles. The number of rotatable bonds is 5. The summed E-state index contributed by atoms with van der Waals surface area (Å²) in [5.41, 5.74) is 9.28. The van der Waals surface area contributed by atoms with Crippen LogP contribution in [0.1, 0.15) is 46.3 Å². The number of aromatic nitrogens is 2. The number of aliphatic hydroxyl groups excluding tert-OH is 1. The van der Waals surface area contributed by atoms with Gasteiger partial charge in [0, 0.05) is 18.1 Å². The van der Waals surface area contributed by atoms with Gasteiger partial charge in [0.15, 0.2) is 6.10 Å². The van der Waals surface area contributed by atoms with Crippen LogP contribution < -0.4 is 11.1 Å². The van der Waals surface area contributed by atoms with Crippen LogP contribution in [0.25, 0.3) is 16.6 Å². The number of carbonyl (C=O) groups is 2. The Morgan fingerprint density at radius 1 is 1.03 bits per heavy atom. The predicted molar refractivity (Wildman–Crippen MR) is 133 cm³/mol. The Balaban J connectivity index is 0.000000221. The summed E-state index contributed by atoms with van der Waals surface area (Å²) in [6.45, 7) is 2.17. The van der Waals surface area contributed by atoms with Crippen LogP contribution in [0.4, 0.5) is 0 Å². The van der Waals surface area contributed by atoms with Crippen molar-refractivity contribution in [3.05, 3.63) is 95.7 Å². The average Bonchev–Trinajstić information content (AvgIpc) is 3.34. The molecule has 5 rings (SSSR count). The molecule has 8 nitrogen and oxygen atoms in total. The first-order valence-corrected chi connectivity index (χ1v) is 11.5. The summed E-state index contributed by atoms with van der Waals surface area (Å²) in [6.07, 6.45) is 2.99. The maximum absolute atomic E-state index is 11.5. The lowest BCUT2D eigenvalue weighted by Gasteiger charge is -2.23. The zero-order chi connectivity index (χ0) is 24.8. The number of hydrogen-bond donors (Lipinski definition) is 4. The largest absolute Gasteiger partial charge is 0.479 e. The van der Waals surface area contributed by atoms with E-state index in [2.05, 4.69) is 34.7 Å². The summed E-state index contributed by atoms with van der Waals surface area (Å²) in [5.74, 6) is -1.09. The third kappa shape index (κ3) is 5.74. The van der Waals surface area contributed by atoms with Crippen molar-refractivity contribution in [1.82, 2.24) is 15.1 Å². The Bertz CT molecular complexity index is 1300. The van der Waals surface area contributed by atoms with Gasteiger partial charge in [-0.25, -0.2) is 9.48 Å². The summed E-state index contributed by atoms with van der Waals surface area (Å²) >= 11 is 0. The Labute approximate surface area is 203 Å². The molecule has 1 amide bonds. The van der Waals surface area contributed by atoms with Crippen molar-refractivity contribution in [2.24, 2.45) is 5.73 Å². The molecule has 8 heteroatoms. The van der Waals surface area contributed by atoms with E-state index in [1.54, 1.807) is 41.1 Å². The average molecular weight is 473 g/mol. The van der Waals surface area contributed by atoms with E-state index < -0.39 is 18.0 Å². The number of amides is 1. The molecule has 5 N–H and O–H groups in total. The SMILES string of the molecule is NC(=O)c1cccc2cn(-c3ccc([C@@H]4CCCNC4)cc3)nc12.O=C(O)C(O)c1ccccc1. The number of fused-ring (bicyclic) bond motifs is 1. The van der Waals surface area contributed by atoms with Gasteiger partial charge in [-0.1, -0.05) is 54.6 Å². The molecule has 180 valence electrons. The van der Waals surface area contributed by atoms with Gasteiger partial charge in [-0.3, -0.25) is 4.79 Å². The molecule has 35 heavy (non-hydrogen) atoms. The maximum Gasteiger partial charge on any atom is 0.337 e. The van der Waals surface area contributed by atoms with Gasteiger partial charge in [-0.05, 0) is 54.6 Å². The van der Waals surface area contributed by atoms with Crippen molar-refractivity contribution < 1.29 is 19.8 Å². The highest BCUT2D eigenvalue weighted by Gasteiger charge is 2.16. The van der Waals surface area contributed by atoms with Crippen molar-refractivity contribution in [1.29, 1.82) is 0 Å². The molecule has 3 aromatic carbocycles. The maximum atomic E-state index is 11.5. The van der Waals surface area contributed by atoms with Crippen molar-refractivity contribution in [2.75, 3.05) is 13.1 Å². The standard InChI is InChI=1S/C19H20N4O.C8H8O3/c20-19(24)17-5-1-3-15-12-23(22-18(15)17)16-8-6-13(7-9-16)14-4-2-10-21-11-14;9-7(8(10)11)6-4-2-1-3-5-6/h1,3,5-9,12,14,21H,2,4,10-11H2,(H2,20,24);1-5,7,9H,(H,10,11)/t14-;/m1./s1. The van der Waals surface area contributed by atoms with Gasteiger partial charge in [-0.2, -0.15) is 5.10 Å². The zero-order valence-electron chi connectivity index (χ0n) is 19.2. The minimum Gasteiger partial charge on any atom is -0.479 e. The van der Waals surface area contributed by atoms with Crippen molar-refractivity contribution >= 4 is 22.8 Å². The molecule has 1 unspecified atom stereocenters. The molecule has 1 aliphatic rings. The number of carboxylic acid groups (broad SMARTS) is 1. The highest BCUT2D eigenvalue weighted by molar-refractivity contribution is 6.04. The van der Waals surface area contributed by atoms with Gasteiger partial charge < -0.3 is 21.3 Å². The lowest BCUT2D eigenvalue weighted by molar-refractivity contribution is -0.146. The molecular weight excluding hydrogens is 444 g/mol. The molecule has 0 radical (unpaired) electrons. The predicted octanol–water partition coefficient (Wildman–Crippen LogP) is 3.40. The molecule has 1 aliphatic heterocycles. The van der Waals surface area contributed by atoms with E-state index in [0.717, 1.165) is 24.2 Å².